The molecule has 0 aromatic carbocycles. The van der Waals surface area contributed by atoms with Gasteiger partial charge in [0.25, 0.3) is 5.91 Å². The lowest BCUT2D eigenvalue weighted by atomic mass is 10.2. The normalized spacial score (nSPS) is 10.2. The molecule has 0 aliphatic carbocycles. The van der Waals surface area contributed by atoms with E-state index < -0.39 is 11.9 Å². The molecule has 0 bridgehead atoms. The van der Waals surface area contributed by atoms with Crippen LogP contribution in [-0.2, 0) is 6.54 Å². The van der Waals surface area contributed by atoms with E-state index in [0.717, 1.165) is 11.9 Å². The van der Waals surface area contributed by atoms with Gasteiger partial charge < -0.3 is 14.9 Å². The van der Waals surface area contributed by atoms with Crippen LogP contribution in [-0.4, -0.2) is 27.1 Å². The van der Waals surface area contributed by atoms with Crippen LogP contribution in [0.25, 0.3) is 0 Å². The van der Waals surface area contributed by atoms with Crippen molar-refractivity contribution in [1.82, 2.24) is 15.5 Å². The summed E-state index contributed by atoms with van der Waals surface area (Å²) in [5, 5.41) is 15.0. The predicted molar refractivity (Wildman–Crippen MR) is 63.6 cm³/mol. The van der Waals surface area contributed by atoms with Crippen LogP contribution in [0.1, 0.15) is 32.3 Å². The van der Waals surface area contributed by atoms with Gasteiger partial charge >= 0.3 is 5.97 Å². The number of carboxylic acids is 1. The highest BCUT2D eigenvalue weighted by molar-refractivity contribution is 5.93. The minimum atomic E-state index is -1.09. The van der Waals surface area contributed by atoms with Crippen molar-refractivity contribution >= 4 is 11.9 Å². The first-order valence-electron chi connectivity index (χ1n) is 5.46. The fourth-order valence-electron chi connectivity index (χ4n) is 1.41. The number of hydrogen-bond donors (Lipinski definition) is 2. The van der Waals surface area contributed by atoms with Crippen molar-refractivity contribution in [2.75, 3.05) is 0 Å². The van der Waals surface area contributed by atoms with Crippen LogP contribution in [0.4, 0.5) is 0 Å². The van der Waals surface area contributed by atoms with Gasteiger partial charge in [-0.1, -0.05) is 5.16 Å². The Morgan fingerprint density at radius 3 is 2.74 bits per heavy atom. The minimum absolute atomic E-state index is 0.0300. The molecule has 98 valence electrons. The highest BCUT2D eigenvalue weighted by Crippen LogP contribution is 2.03. The zero-order valence-electron chi connectivity index (χ0n) is 10.1. The Kier molecular flexibility index (Phi) is 3.56. The second-order valence-electron chi connectivity index (χ2n) is 3.85. The molecule has 2 aromatic heterocycles. The summed E-state index contributed by atoms with van der Waals surface area (Å²) >= 11 is 0. The monoisotopic (exact) mass is 261 g/mol. The lowest BCUT2D eigenvalue weighted by Gasteiger charge is -2.02. The van der Waals surface area contributed by atoms with E-state index in [1.54, 1.807) is 13.0 Å². The highest BCUT2D eigenvalue weighted by atomic mass is 16.5. The van der Waals surface area contributed by atoms with E-state index in [-0.39, 0.29) is 17.8 Å². The Morgan fingerprint density at radius 1 is 1.42 bits per heavy atom. The standard InChI is InChI=1S/C12H11N3O4/c1-7-4-9(19-15-7)6-14-11(16)10-3-2-8(5-13-10)12(17)18/h2-5H,6H2,1H3,(H,14,16)(H,17,18). The predicted octanol–water partition coefficient (Wildman–Crippen LogP) is 1.01. The Bertz CT molecular complexity index is 604. The fourth-order valence-corrected chi connectivity index (χ4v) is 1.41. The molecule has 0 atom stereocenters. The molecule has 0 unspecified atom stereocenters. The molecular weight excluding hydrogens is 250 g/mol. The van der Waals surface area contributed by atoms with E-state index in [9.17, 15) is 9.59 Å². The second kappa shape index (κ2) is 5.30. The van der Waals surface area contributed by atoms with Crippen LogP contribution in [0.2, 0.25) is 0 Å². The second-order valence-corrected chi connectivity index (χ2v) is 3.85. The molecular formula is C12H11N3O4. The maximum absolute atomic E-state index is 11.7. The molecule has 2 heterocycles. The van der Waals surface area contributed by atoms with Crippen LogP contribution in [0.3, 0.4) is 0 Å². The highest BCUT2D eigenvalue weighted by Gasteiger charge is 2.10. The van der Waals surface area contributed by atoms with Gasteiger partial charge in [0.2, 0.25) is 0 Å². The number of aromatic carboxylic acids is 1. The van der Waals surface area contributed by atoms with E-state index in [4.69, 9.17) is 9.63 Å². The van der Waals surface area contributed by atoms with Gasteiger partial charge in [-0.05, 0) is 19.1 Å². The molecule has 0 aliphatic rings. The molecule has 2 rings (SSSR count). The van der Waals surface area contributed by atoms with Crippen molar-refractivity contribution in [3.8, 4) is 0 Å². The summed E-state index contributed by atoms with van der Waals surface area (Å²) in [5.41, 5.74) is 0.900. The van der Waals surface area contributed by atoms with Crippen molar-refractivity contribution < 1.29 is 19.2 Å². The summed E-state index contributed by atoms with van der Waals surface area (Å²) in [5.74, 6) is -0.962. The zero-order valence-corrected chi connectivity index (χ0v) is 10.1. The number of carbonyl (C=O) groups excluding carboxylic acids is 1. The minimum Gasteiger partial charge on any atom is -0.478 e. The molecule has 1 amide bonds. The van der Waals surface area contributed by atoms with Crippen molar-refractivity contribution in [1.29, 1.82) is 0 Å². The number of carbonyl (C=O) groups is 2. The third kappa shape index (κ3) is 3.15. The van der Waals surface area contributed by atoms with Crippen LogP contribution in [0, 0.1) is 6.92 Å². The number of pyridine rings is 1. The van der Waals surface area contributed by atoms with Crippen LogP contribution in [0.5, 0.6) is 0 Å². The molecule has 19 heavy (non-hydrogen) atoms. The molecule has 0 spiro atoms. The third-order valence-electron chi connectivity index (χ3n) is 2.34. The summed E-state index contributed by atoms with van der Waals surface area (Å²) in [6, 6.07) is 4.38. The van der Waals surface area contributed by atoms with Crippen molar-refractivity contribution in [2.45, 2.75) is 13.5 Å². The lowest BCUT2D eigenvalue weighted by Crippen LogP contribution is -2.23. The Hall–Kier alpha value is -2.70. The Labute approximate surface area is 108 Å². The van der Waals surface area contributed by atoms with E-state index in [2.05, 4.69) is 15.5 Å². The first-order chi connectivity index (χ1) is 9.06. The quantitative estimate of drug-likeness (QED) is 0.850. The fraction of sp³-hybridized carbons (Fsp3) is 0.167. The molecule has 2 N–H and O–H groups in total. The maximum atomic E-state index is 11.7. The summed E-state index contributed by atoms with van der Waals surface area (Å²) < 4.78 is 4.94. The molecule has 2 aromatic rings. The van der Waals surface area contributed by atoms with Gasteiger partial charge in [-0.2, -0.15) is 0 Å². The van der Waals surface area contributed by atoms with Gasteiger partial charge in [0, 0.05) is 12.3 Å². The molecule has 0 radical (unpaired) electrons. The van der Waals surface area contributed by atoms with E-state index in [1.165, 1.54) is 12.1 Å². The van der Waals surface area contributed by atoms with Crippen molar-refractivity contribution in [3.05, 3.63) is 47.1 Å². The number of amides is 1. The molecule has 7 nitrogen and oxygen atoms in total. The number of hydrogen-bond acceptors (Lipinski definition) is 5. The van der Waals surface area contributed by atoms with Gasteiger partial charge in [-0.15, -0.1) is 0 Å². The maximum Gasteiger partial charge on any atom is 0.337 e. The third-order valence-corrected chi connectivity index (χ3v) is 2.34. The van der Waals surface area contributed by atoms with Gasteiger partial charge in [-0.3, -0.25) is 9.78 Å². The Balaban J connectivity index is 1.98. The summed E-state index contributed by atoms with van der Waals surface area (Å²) in [6.45, 7) is 1.98. The average molecular weight is 261 g/mol. The molecule has 7 heteroatoms. The van der Waals surface area contributed by atoms with Crippen molar-refractivity contribution in [3.63, 3.8) is 0 Å². The van der Waals surface area contributed by atoms with E-state index in [1.807, 2.05) is 0 Å². The molecule has 0 fully saturated rings. The lowest BCUT2D eigenvalue weighted by molar-refractivity contribution is 0.0695. The SMILES string of the molecule is Cc1cc(CNC(=O)c2ccc(C(=O)O)cn2)on1. The molecule has 0 aliphatic heterocycles. The number of aromatic nitrogens is 2. The van der Waals surface area contributed by atoms with Gasteiger partial charge in [-0.25, -0.2) is 4.79 Å². The number of carboxylic acid groups (broad SMARTS) is 1. The summed E-state index contributed by atoms with van der Waals surface area (Å²) in [4.78, 5) is 26.1. The number of nitrogens with zero attached hydrogens (tertiary/aromatic N) is 2. The van der Waals surface area contributed by atoms with Crippen molar-refractivity contribution in [2.24, 2.45) is 0 Å². The zero-order chi connectivity index (χ0) is 13.8. The van der Waals surface area contributed by atoms with Gasteiger partial charge in [0.05, 0.1) is 17.8 Å². The van der Waals surface area contributed by atoms with Gasteiger partial charge in [0.1, 0.15) is 5.69 Å². The molecule has 0 saturated carbocycles. The largest absolute Gasteiger partial charge is 0.478 e. The van der Waals surface area contributed by atoms with Gasteiger partial charge in [0.15, 0.2) is 5.76 Å². The topological polar surface area (TPSA) is 105 Å². The number of aryl methyl sites for hydroxylation is 1. The first-order valence-corrected chi connectivity index (χ1v) is 5.46. The average Bonchev–Trinajstić information content (AvgIpc) is 2.82. The van der Waals surface area contributed by atoms with Crippen LogP contribution >= 0.6 is 0 Å². The van der Waals surface area contributed by atoms with Crippen LogP contribution in [0.15, 0.2) is 28.9 Å². The summed E-state index contributed by atoms with van der Waals surface area (Å²) in [7, 11) is 0. The first kappa shape index (κ1) is 12.7. The van der Waals surface area contributed by atoms with Crippen LogP contribution < -0.4 is 5.32 Å². The number of rotatable bonds is 4. The summed E-state index contributed by atoms with van der Waals surface area (Å²) in [6.07, 6.45) is 1.13. The Morgan fingerprint density at radius 2 is 2.21 bits per heavy atom. The van der Waals surface area contributed by atoms with E-state index >= 15 is 0 Å². The number of nitrogens with one attached hydrogen (secondary N) is 1. The van der Waals surface area contributed by atoms with E-state index in [0.29, 0.717) is 5.76 Å². The smallest absolute Gasteiger partial charge is 0.337 e. The molecule has 0 saturated heterocycles.